The van der Waals surface area contributed by atoms with Gasteiger partial charge in [-0.15, -0.1) is 11.8 Å². The van der Waals surface area contributed by atoms with Gasteiger partial charge in [-0.3, -0.25) is 0 Å². The van der Waals surface area contributed by atoms with Crippen molar-refractivity contribution in [2.45, 2.75) is 16.2 Å². The molecule has 0 bridgehead atoms. The number of rotatable bonds is 3. The summed E-state index contributed by atoms with van der Waals surface area (Å²) in [6, 6.07) is 11.6. The van der Waals surface area contributed by atoms with Crippen molar-refractivity contribution < 1.29 is 0 Å². The van der Waals surface area contributed by atoms with Crippen LogP contribution in [0, 0.1) is 0 Å². The Morgan fingerprint density at radius 2 is 0.426 bits per heavy atom. The summed E-state index contributed by atoms with van der Waals surface area (Å²) in [7, 11) is 0. The van der Waals surface area contributed by atoms with E-state index >= 15 is 0 Å². The van der Waals surface area contributed by atoms with Crippen molar-refractivity contribution in [2.24, 2.45) is 0 Å². The molecule has 68 heavy (non-hydrogen) atoms. The van der Waals surface area contributed by atoms with Crippen LogP contribution in [0.1, 0.15) is 28.2 Å². The van der Waals surface area contributed by atoms with Gasteiger partial charge in [-0.1, -0.05) is 18.2 Å². The quantitative estimate of drug-likeness (QED) is 0.126. The smallest absolute Gasteiger partial charge is 0.0431 e. The van der Waals surface area contributed by atoms with Gasteiger partial charge < -0.3 is 0 Å². The Bertz CT molecular complexity index is 7010. The molecular formula is C67H8S. The third-order valence-corrected chi connectivity index (χ3v) is 25.7. The zero-order valence-corrected chi connectivity index (χ0v) is 35.4. The maximum absolute atomic E-state index is 2.41. The van der Waals surface area contributed by atoms with E-state index in [9.17, 15) is 0 Å². The molecule has 33 rings (SSSR count). The van der Waals surface area contributed by atoms with E-state index in [0.29, 0.717) is 5.92 Å². The van der Waals surface area contributed by atoms with E-state index in [2.05, 4.69) is 42.1 Å². The zero-order chi connectivity index (χ0) is 40.1. The molecule has 4 aliphatic carbocycles. The van der Waals surface area contributed by atoms with Crippen molar-refractivity contribution in [1.29, 1.82) is 0 Å². The molecule has 1 heteroatoms. The second-order valence-corrected chi connectivity index (χ2v) is 25.9. The summed E-state index contributed by atoms with van der Waals surface area (Å²) in [5.74, 6) is 1.39. The Labute approximate surface area is 375 Å². The third-order valence-electron chi connectivity index (χ3n) is 24.5. The monoisotopic (exact) mass is 844 g/mol. The lowest BCUT2D eigenvalue weighted by Crippen LogP contribution is -2.39. The molecule has 0 heterocycles. The minimum atomic E-state index is -0.175. The highest BCUT2D eigenvalue weighted by atomic mass is 32.2. The van der Waals surface area contributed by atoms with Gasteiger partial charge in [0, 0.05) is 22.0 Å². The molecule has 0 amide bonds. The van der Waals surface area contributed by atoms with Crippen LogP contribution in [0.15, 0.2) is 35.2 Å². The Balaban J connectivity index is 1.18. The standard InChI is InChI=1S/C67H8S/c1-2-4-7(5-3-1)68-6-67-64-60-54-40-32-24-12-9-8-10-13(12)25-27-23-17(10)19-15-11(8)14-18-16(9)22-26(24)38(40)46-44-30(22)28(18)36-34-20(14)21(15)35-37-29(19)31(23)45-47-39(27)41(33(25)32)55(54)61(64)57(47)59-51(45)49(37)53-43(35)42(34)52-48(36)50(44)58(56(46)60)65(67)62(52)63(53)66(59)67/h1-5,64H,6H2. The van der Waals surface area contributed by atoms with Crippen LogP contribution in [0.5, 0.6) is 0 Å². The fourth-order valence-corrected chi connectivity index (χ4v) is 25.5. The molecule has 29 aromatic rings. The van der Waals surface area contributed by atoms with Gasteiger partial charge in [-0.05, 0) is 325 Å². The molecule has 29 aromatic carbocycles. The highest BCUT2D eigenvalue weighted by Gasteiger charge is 2.63. The second kappa shape index (κ2) is 5.81. The highest BCUT2D eigenvalue weighted by Crippen LogP contribution is 2.83. The number of hydrogen-bond donors (Lipinski definition) is 0. The number of thioether (sulfide) groups is 1. The largest absolute Gasteiger partial charge is 0.125 e. The predicted molar refractivity (Wildman–Crippen MR) is 292 cm³/mol. The lowest BCUT2D eigenvalue weighted by Gasteiger charge is -2.45. The van der Waals surface area contributed by atoms with Gasteiger partial charge in [-0.25, -0.2) is 0 Å². The van der Waals surface area contributed by atoms with E-state index in [4.69, 9.17) is 0 Å². The highest BCUT2D eigenvalue weighted by molar-refractivity contribution is 7.99. The molecule has 0 saturated carbocycles. The van der Waals surface area contributed by atoms with Gasteiger partial charge in [0.05, 0.1) is 0 Å². The summed E-state index contributed by atoms with van der Waals surface area (Å²) in [4.78, 5) is 1.42. The fourth-order valence-electron chi connectivity index (χ4n) is 24.3. The first-order valence-corrected chi connectivity index (χ1v) is 26.4. The average molecular weight is 845 g/mol. The summed E-state index contributed by atoms with van der Waals surface area (Å²) in [5, 5.41) is 90.7. The van der Waals surface area contributed by atoms with E-state index in [1.807, 2.05) is 0 Å². The zero-order valence-electron chi connectivity index (χ0n) is 34.6. The Morgan fingerprint density at radius 3 is 0.676 bits per heavy atom. The van der Waals surface area contributed by atoms with Gasteiger partial charge in [-0.2, -0.15) is 0 Å². The van der Waals surface area contributed by atoms with Crippen LogP contribution in [0.25, 0.3) is 291 Å². The summed E-state index contributed by atoms with van der Waals surface area (Å²) in [5.41, 5.74) is 6.93. The molecule has 0 aromatic heterocycles. The van der Waals surface area contributed by atoms with Gasteiger partial charge >= 0.3 is 0 Å². The predicted octanol–water partition coefficient (Wildman–Crippen LogP) is 18.9. The normalized spacial score (nSPS) is 21.0. The van der Waals surface area contributed by atoms with Crippen molar-refractivity contribution in [3.63, 3.8) is 0 Å². The van der Waals surface area contributed by atoms with E-state index in [0.717, 1.165) is 5.75 Å². The van der Waals surface area contributed by atoms with E-state index < -0.39 is 0 Å². The minimum Gasteiger partial charge on any atom is -0.125 e. The van der Waals surface area contributed by atoms with Crippen LogP contribution in [-0.2, 0) is 5.41 Å². The van der Waals surface area contributed by atoms with Gasteiger partial charge in [0.2, 0.25) is 0 Å². The van der Waals surface area contributed by atoms with Crippen LogP contribution >= 0.6 is 11.8 Å². The van der Waals surface area contributed by atoms with Crippen LogP contribution in [0.2, 0.25) is 0 Å². The Hall–Kier alpha value is -7.97. The Kier molecular flexibility index (Phi) is 2.16. The maximum atomic E-state index is 2.41. The van der Waals surface area contributed by atoms with E-state index in [-0.39, 0.29) is 5.41 Å². The molecule has 0 aliphatic heterocycles. The number of benzene rings is 19. The minimum absolute atomic E-state index is 0.175. The van der Waals surface area contributed by atoms with Crippen LogP contribution in [-0.4, -0.2) is 5.75 Å². The van der Waals surface area contributed by atoms with Crippen LogP contribution in [0.4, 0.5) is 0 Å². The molecule has 0 fully saturated rings. The van der Waals surface area contributed by atoms with Crippen molar-refractivity contribution in [1.82, 2.24) is 0 Å². The van der Waals surface area contributed by atoms with E-state index in [1.54, 1.807) is 313 Å². The molecular weight excluding hydrogens is 837 g/mol. The first-order chi connectivity index (χ1) is 33.9. The van der Waals surface area contributed by atoms with Crippen molar-refractivity contribution in [2.75, 3.05) is 5.75 Å². The van der Waals surface area contributed by atoms with Gasteiger partial charge in [0.15, 0.2) is 0 Å². The lowest BCUT2D eigenvalue weighted by molar-refractivity contribution is 0.536. The van der Waals surface area contributed by atoms with Crippen LogP contribution in [0.3, 0.4) is 0 Å². The van der Waals surface area contributed by atoms with Crippen molar-refractivity contribution in [3.05, 3.63) is 52.6 Å². The molecule has 0 unspecified atom stereocenters. The summed E-state index contributed by atoms with van der Waals surface area (Å²) in [6.45, 7) is 0. The maximum Gasteiger partial charge on any atom is 0.0431 e. The SMILES string of the molecule is c1ccc(SCC23c4c5c6c7c8c9c(c%10c%11c2c2c4c4c%12c5c5c6c6c8c8c%13c9c9c%10c%10c%11c%11c2c2c4c4c%12c%12c5c5c6c8c6c8c%13c9c9c%10c%10c%11c2c2c4c4c%12c5c6c5c8c9c%10c2c45)C73)cc1. The lowest BCUT2D eigenvalue weighted by atomic mass is 9.58. The Morgan fingerprint density at radius 1 is 0.235 bits per heavy atom. The second-order valence-electron chi connectivity index (χ2n) is 24.8. The molecule has 4 aliphatic rings. The molecule has 0 atom stereocenters. The molecule has 0 saturated heterocycles. The fraction of sp³-hybridized carbons (Fsp3) is 0.0448. The summed E-state index contributed by atoms with van der Waals surface area (Å²) >= 11 is 2.19. The van der Waals surface area contributed by atoms with Gasteiger partial charge in [0.1, 0.15) is 0 Å². The van der Waals surface area contributed by atoms with Gasteiger partial charge in [0.25, 0.3) is 0 Å². The topological polar surface area (TPSA) is 0 Å². The first kappa shape index (κ1) is 25.2. The third kappa shape index (κ3) is 1.36. The van der Waals surface area contributed by atoms with Crippen LogP contribution < -0.4 is 0 Å². The molecule has 0 radical (unpaired) electrons. The molecule has 282 valence electrons. The summed E-state index contributed by atoms with van der Waals surface area (Å²) in [6.07, 6.45) is 0. The molecule has 0 nitrogen and oxygen atoms in total. The number of hydrogen-bond acceptors (Lipinski definition) is 1. The molecule has 0 N–H and O–H groups in total. The van der Waals surface area contributed by atoms with Crippen molar-refractivity contribution >= 4 is 303 Å². The first-order valence-electron chi connectivity index (χ1n) is 25.4. The molecule has 0 spiro atoms. The average Bonchev–Trinajstić information content (AvgIpc) is 4.21. The summed E-state index contributed by atoms with van der Waals surface area (Å²) < 4.78 is 0. The van der Waals surface area contributed by atoms with Crippen molar-refractivity contribution in [3.8, 4) is 0 Å². The van der Waals surface area contributed by atoms with E-state index in [1.165, 1.54) is 4.90 Å².